The zero-order valence-corrected chi connectivity index (χ0v) is 10.7. The van der Waals surface area contributed by atoms with Crippen molar-refractivity contribution in [3.63, 3.8) is 0 Å². The lowest BCUT2D eigenvalue weighted by molar-refractivity contribution is -0.240. The minimum absolute atomic E-state index is 0.279. The van der Waals surface area contributed by atoms with E-state index in [1.807, 2.05) is 0 Å². The van der Waals surface area contributed by atoms with E-state index in [4.69, 9.17) is 9.84 Å². The number of carboxylic acids is 1. The van der Waals surface area contributed by atoms with Gasteiger partial charge in [-0.25, -0.2) is 9.18 Å². The molecule has 0 aliphatic carbocycles. The molecule has 2 aromatic rings. The number of ether oxygens (including phenoxy) is 1. The molecule has 0 aromatic heterocycles. The van der Waals surface area contributed by atoms with E-state index in [1.54, 1.807) is 6.07 Å². The molecule has 7 heteroatoms. The van der Waals surface area contributed by atoms with Crippen LogP contribution >= 0.6 is 0 Å². The number of benzene rings is 2. The lowest BCUT2D eigenvalue weighted by atomic mass is 9.93. The Morgan fingerprint density at radius 2 is 1.62 bits per heavy atom. The van der Waals surface area contributed by atoms with Crippen molar-refractivity contribution >= 4 is 16.7 Å². The number of halogens is 4. The molecule has 0 saturated heterocycles. The number of hydrogen-bond donors (Lipinski definition) is 1. The molecule has 0 radical (unpaired) electrons. The van der Waals surface area contributed by atoms with E-state index in [0.29, 0.717) is 11.1 Å². The largest absolute Gasteiger partial charge is 0.497 e. The van der Waals surface area contributed by atoms with Gasteiger partial charge in [0, 0.05) is 5.56 Å². The number of methoxy groups -OCH3 is 1. The van der Waals surface area contributed by atoms with E-state index in [0.717, 1.165) is 12.1 Å². The number of rotatable bonds is 3. The van der Waals surface area contributed by atoms with Gasteiger partial charge in [-0.2, -0.15) is 13.2 Å². The van der Waals surface area contributed by atoms with E-state index < -0.39 is 23.4 Å². The Morgan fingerprint density at radius 3 is 2.14 bits per heavy atom. The summed E-state index contributed by atoms with van der Waals surface area (Å²) in [6.45, 7) is 0. The molecule has 0 aliphatic heterocycles. The van der Waals surface area contributed by atoms with Gasteiger partial charge in [0.05, 0.1) is 7.11 Å². The Hall–Kier alpha value is -2.31. The fourth-order valence-corrected chi connectivity index (χ4v) is 1.97. The average Bonchev–Trinajstić information content (AvgIpc) is 2.43. The van der Waals surface area contributed by atoms with E-state index >= 15 is 0 Å². The maximum Gasteiger partial charge on any atom is 0.437 e. The third kappa shape index (κ3) is 2.39. The average molecular weight is 302 g/mol. The Morgan fingerprint density at radius 1 is 1.05 bits per heavy atom. The van der Waals surface area contributed by atoms with Gasteiger partial charge in [0.2, 0.25) is 0 Å². The number of aliphatic carboxylic acids is 1. The highest BCUT2D eigenvalue weighted by Gasteiger charge is 2.63. The Balaban J connectivity index is 2.63. The first kappa shape index (κ1) is 15.1. The van der Waals surface area contributed by atoms with Crippen LogP contribution in [-0.2, 0) is 10.5 Å². The minimum atomic E-state index is -5.56. The summed E-state index contributed by atoms with van der Waals surface area (Å²) in [4.78, 5) is 10.8. The van der Waals surface area contributed by atoms with Crippen molar-refractivity contribution in [3.8, 4) is 5.75 Å². The zero-order valence-electron chi connectivity index (χ0n) is 10.7. The highest BCUT2D eigenvalue weighted by Crippen LogP contribution is 2.43. The predicted molar refractivity (Wildman–Crippen MR) is 67.0 cm³/mol. The quantitative estimate of drug-likeness (QED) is 0.880. The summed E-state index contributed by atoms with van der Waals surface area (Å²) in [6, 6.07) is 7.36. The van der Waals surface area contributed by atoms with Gasteiger partial charge in [-0.1, -0.05) is 18.2 Å². The van der Waals surface area contributed by atoms with Crippen molar-refractivity contribution in [3.05, 3.63) is 42.0 Å². The lowest BCUT2D eigenvalue weighted by Crippen LogP contribution is -2.45. The maximum absolute atomic E-state index is 14.1. The molecule has 3 nitrogen and oxygen atoms in total. The van der Waals surface area contributed by atoms with Gasteiger partial charge in [0.15, 0.2) is 0 Å². The molecule has 0 heterocycles. The summed E-state index contributed by atoms with van der Waals surface area (Å²) in [5, 5.41) is 9.45. The van der Waals surface area contributed by atoms with Crippen LogP contribution < -0.4 is 4.74 Å². The summed E-state index contributed by atoms with van der Waals surface area (Å²) < 4.78 is 57.4. The Labute approximate surface area is 116 Å². The number of carbonyl (C=O) groups is 1. The van der Waals surface area contributed by atoms with Crippen LogP contribution in [0.1, 0.15) is 5.56 Å². The van der Waals surface area contributed by atoms with Crippen LogP contribution in [0.5, 0.6) is 5.75 Å². The molecule has 1 atom stereocenters. The molecule has 112 valence electrons. The van der Waals surface area contributed by atoms with Crippen molar-refractivity contribution in [1.29, 1.82) is 0 Å². The van der Waals surface area contributed by atoms with E-state index in [2.05, 4.69) is 0 Å². The topological polar surface area (TPSA) is 46.5 Å². The van der Waals surface area contributed by atoms with Crippen molar-refractivity contribution in [2.45, 2.75) is 11.8 Å². The fourth-order valence-electron chi connectivity index (χ4n) is 1.97. The van der Waals surface area contributed by atoms with E-state index in [-0.39, 0.29) is 5.39 Å². The summed E-state index contributed by atoms with van der Waals surface area (Å²) in [6.07, 6.45) is -5.56. The third-order valence-electron chi connectivity index (χ3n) is 3.13. The second-order valence-electron chi connectivity index (χ2n) is 4.39. The van der Waals surface area contributed by atoms with Crippen LogP contribution in [0.4, 0.5) is 17.6 Å². The number of hydrogen-bond acceptors (Lipinski definition) is 2. The molecule has 0 fully saturated rings. The summed E-state index contributed by atoms with van der Waals surface area (Å²) in [5.74, 6) is -2.11. The standard InChI is InChI=1S/C14H10F4O3/c1-21-11-5-3-8-6-10(4-2-9(8)7-11)13(15,12(19)20)14(16,17)18/h2-7H,1H3,(H,19,20)/t13-/m1/s1. The SMILES string of the molecule is COc1ccc2cc([C@@](F)(C(=O)O)C(F)(F)F)ccc2c1. The van der Waals surface area contributed by atoms with E-state index in [9.17, 15) is 22.4 Å². The van der Waals surface area contributed by atoms with Gasteiger partial charge in [-0.05, 0) is 29.0 Å². The van der Waals surface area contributed by atoms with Crippen LogP contribution in [0.25, 0.3) is 10.8 Å². The first-order chi connectivity index (χ1) is 9.70. The van der Waals surface area contributed by atoms with Gasteiger partial charge < -0.3 is 9.84 Å². The van der Waals surface area contributed by atoms with Crippen molar-refractivity contribution < 1.29 is 32.2 Å². The molecule has 0 amide bonds. The summed E-state index contributed by atoms with van der Waals surface area (Å²) >= 11 is 0. The molecule has 0 unspecified atom stereocenters. The first-order valence-electron chi connectivity index (χ1n) is 5.77. The molecule has 2 aromatic carbocycles. The number of carboxylic acid groups (broad SMARTS) is 1. The summed E-state index contributed by atoms with van der Waals surface area (Å²) in [7, 11) is 1.43. The maximum atomic E-state index is 14.1. The molecule has 0 spiro atoms. The normalized spacial score (nSPS) is 14.7. The molecular weight excluding hydrogens is 292 g/mol. The monoisotopic (exact) mass is 302 g/mol. The van der Waals surface area contributed by atoms with Crippen LogP contribution in [0.15, 0.2) is 36.4 Å². The van der Waals surface area contributed by atoms with Gasteiger partial charge >= 0.3 is 17.8 Å². The number of fused-ring (bicyclic) bond motifs is 1. The Bertz CT molecular complexity index is 696. The second kappa shape index (κ2) is 4.91. The highest BCUT2D eigenvalue weighted by molar-refractivity contribution is 5.87. The number of alkyl halides is 4. The molecular formula is C14H10F4O3. The molecule has 1 N–H and O–H groups in total. The van der Waals surface area contributed by atoms with Crippen molar-refractivity contribution in [2.24, 2.45) is 0 Å². The third-order valence-corrected chi connectivity index (χ3v) is 3.13. The van der Waals surface area contributed by atoms with Gasteiger partial charge in [0.25, 0.3) is 0 Å². The fraction of sp³-hybridized carbons (Fsp3) is 0.214. The smallest absolute Gasteiger partial charge is 0.437 e. The van der Waals surface area contributed by atoms with Gasteiger partial charge in [-0.15, -0.1) is 0 Å². The second-order valence-corrected chi connectivity index (χ2v) is 4.39. The van der Waals surface area contributed by atoms with E-state index in [1.165, 1.54) is 25.3 Å². The molecule has 2 rings (SSSR count). The highest BCUT2D eigenvalue weighted by atomic mass is 19.4. The Kier molecular flexibility index (Phi) is 3.52. The van der Waals surface area contributed by atoms with Crippen LogP contribution in [-0.4, -0.2) is 24.4 Å². The predicted octanol–water partition coefficient (Wildman–Crippen LogP) is 3.66. The molecule has 0 bridgehead atoms. The first-order valence-corrected chi connectivity index (χ1v) is 5.77. The van der Waals surface area contributed by atoms with Crippen molar-refractivity contribution in [1.82, 2.24) is 0 Å². The van der Waals surface area contributed by atoms with Crippen molar-refractivity contribution in [2.75, 3.05) is 7.11 Å². The van der Waals surface area contributed by atoms with Crippen LogP contribution in [0.3, 0.4) is 0 Å². The van der Waals surface area contributed by atoms with Crippen LogP contribution in [0, 0.1) is 0 Å². The molecule has 0 aliphatic rings. The van der Waals surface area contributed by atoms with Gasteiger partial charge in [-0.3, -0.25) is 0 Å². The summed E-state index contributed by atoms with van der Waals surface area (Å²) in [5.41, 5.74) is -5.42. The molecule has 21 heavy (non-hydrogen) atoms. The lowest BCUT2D eigenvalue weighted by Gasteiger charge is -2.24. The van der Waals surface area contributed by atoms with Crippen LogP contribution in [0.2, 0.25) is 0 Å². The van der Waals surface area contributed by atoms with Gasteiger partial charge in [0.1, 0.15) is 5.75 Å². The molecule has 0 saturated carbocycles. The zero-order chi connectivity index (χ0) is 15.8. The minimum Gasteiger partial charge on any atom is -0.497 e.